The average Bonchev–Trinajstić information content (AvgIpc) is 2.89. The Hall–Kier alpha value is -3.83. The first kappa shape index (κ1) is 38.2. The van der Waals surface area contributed by atoms with Crippen LogP contribution in [0.25, 0.3) is 0 Å². The lowest BCUT2D eigenvalue weighted by Crippen LogP contribution is -2.54. The molecule has 12 nitrogen and oxygen atoms in total. The summed E-state index contributed by atoms with van der Waals surface area (Å²) in [6, 6.07) is 4.38. The minimum Gasteiger partial charge on any atom is -0.445 e. The summed E-state index contributed by atoms with van der Waals surface area (Å²) in [7, 11) is 1.70. The second-order valence-electron chi connectivity index (χ2n) is 14.0. The van der Waals surface area contributed by atoms with E-state index >= 15 is 0 Å². The van der Waals surface area contributed by atoms with Crippen molar-refractivity contribution in [2.75, 3.05) is 25.5 Å². The fraction of sp³-hybridized carbons (Fsp3) is 0.656. The molecular formula is C32H54N6O6. The normalized spacial score (nSPS) is 13.0. The number of nitrogens with zero attached hydrogens (tertiary/aromatic N) is 1. The lowest BCUT2D eigenvalue weighted by Gasteiger charge is -2.27. The Morgan fingerprint density at radius 1 is 0.909 bits per heavy atom. The third-order valence-corrected chi connectivity index (χ3v) is 6.65. The van der Waals surface area contributed by atoms with Crippen LogP contribution in [-0.2, 0) is 25.7 Å². The number of primary amides is 1. The van der Waals surface area contributed by atoms with Crippen molar-refractivity contribution in [2.24, 2.45) is 22.5 Å². The van der Waals surface area contributed by atoms with Crippen molar-refractivity contribution in [3.05, 3.63) is 29.8 Å². The average molecular weight is 619 g/mol. The molecule has 0 radical (unpaired) electrons. The molecule has 0 unspecified atom stereocenters. The number of nitrogens with one attached hydrogen (secondary N) is 4. The van der Waals surface area contributed by atoms with Gasteiger partial charge in [-0.15, -0.1) is 0 Å². The lowest BCUT2D eigenvalue weighted by atomic mass is 9.91. The van der Waals surface area contributed by atoms with Crippen LogP contribution in [-0.4, -0.2) is 67.0 Å². The largest absolute Gasteiger partial charge is 0.445 e. The van der Waals surface area contributed by atoms with Crippen molar-refractivity contribution in [1.82, 2.24) is 20.9 Å². The van der Waals surface area contributed by atoms with Crippen LogP contribution in [0, 0.1) is 16.7 Å². The molecule has 0 heterocycles. The molecule has 0 aliphatic rings. The van der Waals surface area contributed by atoms with Gasteiger partial charge in [0.15, 0.2) is 0 Å². The molecule has 1 aromatic carbocycles. The zero-order valence-electron chi connectivity index (χ0n) is 28.0. The quantitative estimate of drug-likeness (QED) is 0.185. The summed E-state index contributed by atoms with van der Waals surface area (Å²) in [4.78, 5) is 64.1. The summed E-state index contributed by atoms with van der Waals surface area (Å²) in [6.45, 7) is 16.7. The number of anilines is 1. The van der Waals surface area contributed by atoms with E-state index in [1.807, 2.05) is 34.6 Å². The number of carbonyl (C=O) groups is 5. The molecule has 0 bridgehead atoms. The first-order chi connectivity index (χ1) is 20.3. The summed E-state index contributed by atoms with van der Waals surface area (Å²) in [5.74, 6) is -1.41. The van der Waals surface area contributed by atoms with E-state index in [1.165, 1.54) is 0 Å². The van der Waals surface area contributed by atoms with E-state index in [2.05, 4.69) is 42.0 Å². The van der Waals surface area contributed by atoms with E-state index in [0.29, 0.717) is 18.7 Å². The van der Waals surface area contributed by atoms with E-state index < -0.39 is 36.0 Å². The first-order valence-electron chi connectivity index (χ1n) is 15.2. The molecule has 0 fully saturated rings. The number of hydrogen-bond acceptors (Lipinski definition) is 6. The molecule has 6 amide bonds. The molecule has 0 saturated heterocycles. The Morgan fingerprint density at radius 2 is 1.52 bits per heavy atom. The summed E-state index contributed by atoms with van der Waals surface area (Å²) >= 11 is 0. The predicted molar refractivity (Wildman–Crippen MR) is 172 cm³/mol. The smallest absolute Gasteiger partial charge is 0.409 e. The fourth-order valence-electron chi connectivity index (χ4n) is 4.05. The van der Waals surface area contributed by atoms with Gasteiger partial charge in [0.1, 0.15) is 18.7 Å². The maximum atomic E-state index is 13.3. The van der Waals surface area contributed by atoms with Crippen molar-refractivity contribution in [2.45, 2.75) is 99.8 Å². The Bertz CT molecular complexity index is 1110. The molecule has 0 aliphatic carbocycles. The van der Waals surface area contributed by atoms with Gasteiger partial charge < -0.3 is 36.6 Å². The van der Waals surface area contributed by atoms with Gasteiger partial charge >= 0.3 is 12.1 Å². The van der Waals surface area contributed by atoms with E-state index in [1.54, 1.807) is 36.2 Å². The summed E-state index contributed by atoms with van der Waals surface area (Å²) in [5.41, 5.74) is 6.22. The van der Waals surface area contributed by atoms with Crippen molar-refractivity contribution >= 4 is 35.5 Å². The Balaban J connectivity index is 2.88. The number of nitrogens with two attached hydrogens (primary N) is 1. The highest BCUT2D eigenvalue weighted by molar-refractivity contribution is 5.98. The van der Waals surface area contributed by atoms with Crippen LogP contribution in [0.4, 0.5) is 15.3 Å². The highest BCUT2D eigenvalue weighted by Gasteiger charge is 2.30. The van der Waals surface area contributed by atoms with Crippen LogP contribution in [0.3, 0.4) is 0 Å². The minimum absolute atomic E-state index is 0.0794. The maximum absolute atomic E-state index is 13.3. The second-order valence-corrected chi connectivity index (χ2v) is 14.0. The highest BCUT2D eigenvalue weighted by atomic mass is 16.6. The Morgan fingerprint density at radius 3 is 2.05 bits per heavy atom. The molecular weight excluding hydrogens is 564 g/mol. The Labute approximate surface area is 262 Å². The highest BCUT2D eigenvalue weighted by Crippen LogP contribution is 2.20. The fourth-order valence-corrected chi connectivity index (χ4v) is 4.05. The summed E-state index contributed by atoms with van der Waals surface area (Å²) < 4.78 is 5.41. The number of hydrogen-bond donors (Lipinski definition) is 5. The first-order valence-corrected chi connectivity index (χ1v) is 15.2. The Kier molecular flexibility index (Phi) is 15.2. The number of benzene rings is 1. The minimum atomic E-state index is -0.942. The molecule has 248 valence electrons. The SMILES string of the molecule is CC(C)[C@H](NC(=O)CC(C)(C)C)C(=O)N[C@@H](CCCNC(N)=O)C(=O)Nc1ccc(COC(=O)N(C)CCC(C)(C)C)cc1. The lowest BCUT2D eigenvalue weighted by molar-refractivity contribution is -0.132. The van der Waals surface area contributed by atoms with Gasteiger partial charge in [-0.25, -0.2) is 9.59 Å². The van der Waals surface area contributed by atoms with Gasteiger partial charge in [0.25, 0.3) is 0 Å². The molecule has 2 atom stereocenters. The van der Waals surface area contributed by atoms with E-state index in [0.717, 1.165) is 12.0 Å². The third-order valence-electron chi connectivity index (χ3n) is 6.65. The molecule has 1 aromatic rings. The second kappa shape index (κ2) is 17.5. The van der Waals surface area contributed by atoms with Crippen LogP contribution >= 0.6 is 0 Å². The molecule has 12 heteroatoms. The van der Waals surface area contributed by atoms with Crippen LogP contribution in [0.1, 0.15) is 86.6 Å². The van der Waals surface area contributed by atoms with Crippen LogP contribution in [0.15, 0.2) is 24.3 Å². The van der Waals surface area contributed by atoms with Gasteiger partial charge in [0, 0.05) is 32.2 Å². The molecule has 0 saturated carbocycles. The summed E-state index contributed by atoms with van der Waals surface area (Å²) in [5, 5.41) is 10.9. The summed E-state index contributed by atoms with van der Waals surface area (Å²) in [6.07, 6.45) is 1.27. The van der Waals surface area contributed by atoms with E-state index in [9.17, 15) is 24.0 Å². The van der Waals surface area contributed by atoms with Crippen molar-refractivity contribution in [1.29, 1.82) is 0 Å². The molecule has 1 rings (SSSR count). The zero-order chi connectivity index (χ0) is 33.7. The number of amides is 6. The molecule has 0 aliphatic heterocycles. The van der Waals surface area contributed by atoms with Crippen molar-refractivity contribution in [3.8, 4) is 0 Å². The van der Waals surface area contributed by atoms with E-state index in [4.69, 9.17) is 10.5 Å². The zero-order valence-corrected chi connectivity index (χ0v) is 28.0. The van der Waals surface area contributed by atoms with Gasteiger partial charge in [-0.1, -0.05) is 67.5 Å². The molecule has 0 aromatic heterocycles. The monoisotopic (exact) mass is 618 g/mol. The van der Waals surface area contributed by atoms with Gasteiger partial charge in [-0.3, -0.25) is 14.4 Å². The number of rotatable bonds is 15. The number of urea groups is 1. The number of carbonyl (C=O) groups excluding carboxylic acids is 5. The van der Waals surface area contributed by atoms with Gasteiger partial charge in [-0.2, -0.15) is 0 Å². The van der Waals surface area contributed by atoms with Crippen LogP contribution in [0.5, 0.6) is 0 Å². The van der Waals surface area contributed by atoms with E-state index in [-0.39, 0.29) is 48.6 Å². The molecule has 0 spiro atoms. The van der Waals surface area contributed by atoms with Crippen LogP contribution in [0.2, 0.25) is 0 Å². The van der Waals surface area contributed by atoms with Gasteiger partial charge in [0.05, 0.1) is 0 Å². The van der Waals surface area contributed by atoms with Gasteiger partial charge in [0.2, 0.25) is 17.7 Å². The third kappa shape index (κ3) is 16.1. The number of ether oxygens (including phenoxy) is 1. The van der Waals surface area contributed by atoms with Crippen LogP contribution < -0.4 is 27.0 Å². The standard InChI is InChI=1S/C32H54N6O6/c1-21(2)26(37-25(39)19-32(6,7)8)28(41)36-24(11-10-17-34-29(33)42)27(40)35-23-14-12-22(13-15-23)20-44-30(43)38(9)18-16-31(3,4)5/h12-15,21,24,26H,10-11,16-20H2,1-9H3,(H,35,40)(H,36,41)(H,37,39)(H3,33,34,42)/t24-,26-/m0/s1. The molecule has 6 N–H and O–H groups in total. The van der Waals surface area contributed by atoms with Gasteiger partial charge in [-0.05, 0) is 53.7 Å². The molecule has 44 heavy (non-hydrogen) atoms. The predicted octanol–water partition coefficient (Wildman–Crippen LogP) is 4.14. The maximum Gasteiger partial charge on any atom is 0.409 e. The van der Waals surface area contributed by atoms with Crippen molar-refractivity contribution in [3.63, 3.8) is 0 Å². The topological polar surface area (TPSA) is 172 Å². The van der Waals surface area contributed by atoms with Crippen molar-refractivity contribution < 1.29 is 28.7 Å².